The number of anilines is 2. The van der Waals surface area contributed by atoms with Gasteiger partial charge in [0.15, 0.2) is 0 Å². The van der Waals surface area contributed by atoms with E-state index in [2.05, 4.69) is 46.4 Å². The molecule has 2 saturated heterocycles. The summed E-state index contributed by atoms with van der Waals surface area (Å²) in [6, 6.07) is 9.32. The summed E-state index contributed by atoms with van der Waals surface area (Å²) < 4.78 is 5.47. The Morgan fingerprint density at radius 1 is 1.05 bits per heavy atom. The van der Waals surface area contributed by atoms with Crippen LogP contribution in [0.25, 0.3) is 0 Å². The molecule has 1 N–H and O–H groups in total. The van der Waals surface area contributed by atoms with E-state index in [1.54, 1.807) is 0 Å². The topological polar surface area (TPSA) is 27.7 Å². The monoisotopic (exact) mass is 289 g/mol. The molecule has 0 spiro atoms. The van der Waals surface area contributed by atoms with E-state index in [1.165, 1.54) is 43.7 Å². The highest BCUT2D eigenvalue weighted by molar-refractivity contribution is 5.70. The number of nitrogens with one attached hydrogen (secondary N) is 1. The summed E-state index contributed by atoms with van der Waals surface area (Å²) >= 11 is 0. The molecule has 0 amide bonds. The van der Waals surface area contributed by atoms with Gasteiger partial charge in [-0.25, -0.2) is 0 Å². The SMILES string of the molecule is CN1CCCC(Nc2ccccc2N2CCOCC2)CC1. The Kier molecular flexibility index (Phi) is 4.99. The summed E-state index contributed by atoms with van der Waals surface area (Å²) in [7, 11) is 2.23. The maximum absolute atomic E-state index is 5.47. The fourth-order valence-electron chi connectivity index (χ4n) is 3.28. The molecule has 2 fully saturated rings. The number of para-hydroxylation sites is 2. The first-order valence-corrected chi connectivity index (χ1v) is 8.20. The Labute approximate surface area is 128 Å². The van der Waals surface area contributed by atoms with Crippen LogP contribution in [0.1, 0.15) is 19.3 Å². The Bertz CT molecular complexity index is 445. The highest BCUT2D eigenvalue weighted by atomic mass is 16.5. The van der Waals surface area contributed by atoms with Crippen molar-refractivity contribution >= 4 is 11.4 Å². The van der Waals surface area contributed by atoms with Crippen molar-refractivity contribution in [2.75, 3.05) is 56.7 Å². The first kappa shape index (κ1) is 14.7. The van der Waals surface area contributed by atoms with Crippen molar-refractivity contribution in [3.05, 3.63) is 24.3 Å². The van der Waals surface area contributed by atoms with Gasteiger partial charge >= 0.3 is 0 Å². The van der Waals surface area contributed by atoms with Gasteiger partial charge in [-0.05, 0) is 51.5 Å². The Morgan fingerprint density at radius 3 is 2.71 bits per heavy atom. The van der Waals surface area contributed by atoms with Crippen molar-refractivity contribution in [3.8, 4) is 0 Å². The number of hydrogen-bond acceptors (Lipinski definition) is 4. The molecule has 0 bridgehead atoms. The second kappa shape index (κ2) is 7.14. The van der Waals surface area contributed by atoms with Crippen molar-refractivity contribution < 1.29 is 4.74 Å². The quantitative estimate of drug-likeness (QED) is 0.925. The third kappa shape index (κ3) is 3.89. The molecule has 1 atom stereocenters. The molecule has 0 saturated carbocycles. The zero-order valence-corrected chi connectivity index (χ0v) is 13.1. The molecule has 4 heteroatoms. The second-order valence-electron chi connectivity index (χ2n) is 6.19. The number of rotatable bonds is 3. The lowest BCUT2D eigenvalue weighted by Gasteiger charge is -2.31. The normalized spacial score (nSPS) is 24.6. The molecule has 21 heavy (non-hydrogen) atoms. The van der Waals surface area contributed by atoms with Gasteiger partial charge in [-0.1, -0.05) is 12.1 Å². The van der Waals surface area contributed by atoms with E-state index in [4.69, 9.17) is 4.74 Å². The van der Waals surface area contributed by atoms with Gasteiger partial charge in [0.2, 0.25) is 0 Å². The van der Waals surface area contributed by atoms with E-state index in [9.17, 15) is 0 Å². The molecule has 2 aliphatic rings. The van der Waals surface area contributed by atoms with Crippen LogP contribution in [0.3, 0.4) is 0 Å². The summed E-state index contributed by atoms with van der Waals surface area (Å²) in [6.07, 6.45) is 3.78. The third-order valence-electron chi connectivity index (χ3n) is 4.57. The number of benzene rings is 1. The molecular weight excluding hydrogens is 262 g/mol. The highest BCUT2D eigenvalue weighted by Gasteiger charge is 2.18. The molecule has 0 aromatic heterocycles. The van der Waals surface area contributed by atoms with Gasteiger partial charge in [-0.3, -0.25) is 0 Å². The van der Waals surface area contributed by atoms with Crippen molar-refractivity contribution in [1.82, 2.24) is 4.90 Å². The molecule has 2 heterocycles. The first-order chi connectivity index (χ1) is 10.3. The smallest absolute Gasteiger partial charge is 0.0642 e. The number of nitrogens with zero attached hydrogens (tertiary/aromatic N) is 2. The van der Waals surface area contributed by atoms with Gasteiger partial charge < -0.3 is 19.9 Å². The Morgan fingerprint density at radius 2 is 1.86 bits per heavy atom. The Hall–Kier alpha value is -1.26. The van der Waals surface area contributed by atoms with Gasteiger partial charge in [-0.15, -0.1) is 0 Å². The molecule has 1 unspecified atom stereocenters. The maximum Gasteiger partial charge on any atom is 0.0642 e. The zero-order chi connectivity index (χ0) is 14.5. The molecule has 4 nitrogen and oxygen atoms in total. The van der Waals surface area contributed by atoms with Crippen LogP contribution in [0, 0.1) is 0 Å². The first-order valence-electron chi connectivity index (χ1n) is 8.20. The van der Waals surface area contributed by atoms with Crippen molar-refractivity contribution in [3.63, 3.8) is 0 Å². The van der Waals surface area contributed by atoms with Crippen LogP contribution >= 0.6 is 0 Å². The predicted molar refractivity (Wildman–Crippen MR) is 88.2 cm³/mol. The Balaban J connectivity index is 1.69. The largest absolute Gasteiger partial charge is 0.381 e. The minimum atomic E-state index is 0.595. The zero-order valence-electron chi connectivity index (χ0n) is 13.1. The minimum absolute atomic E-state index is 0.595. The van der Waals surface area contributed by atoms with E-state index in [1.807, 2.05) is 0 Å². The van der Waals surface area contributed by atoms with Gasteiger partial charge in [0.25, 0.3) is 0 Å². The maximum atomic E-state index is 5.47. The van der Waals surface area contributed by atoms with E-state index in [-0.39, 0.29) is 0 Å². The standard InChI is InChI=1S/C17H27N3O/c1-19-9-4-5-15(8-10-19)18-16-6-2-3-7-17(16)20-11-13-21-14-12-20/h2-3,6-7,15,18H,4-5,8-14H2,1H3. The van der Waals surface area contributed by atoms with E-state index >= 15 is 0 Å². The van der Waals surface area contributed by atoms with Crippen LogP contribution < -0.4 is 10.2 Å². The van der Waals surface area contributed by atoms with E-state index < -0.39 is 0 Å². The lowest BCUT2D eigenvalue weighted by atomic mass is 10.1. The second-order valence-corrected chi connectivity index (χ2v) is 6.19. The number of likely N-dealkylation sites (tertiary alicyclic amines) is 1. The molecule has 116 valence electrons. The molecule has 3 rings (SSSR count). The van der Waals surface area contributed by atoms with Crippen molar-refractivity contribution in [2.24, 2.45) is 0 Å². The van der Waals surface area contributed by atoms with Gasteiger partial charge in [-0.2, -0.15) is 0 Å². The molecule has 2 aliphatic heterocycles. The molecule has 0 radical (unpaired) electrons. The van der Waals surface area contributed by atoms with Crippen molar-refractivity contribution in [1.29, 1.82) is 0 Å². The van der Waals surface area contributed by atoms with Gasteiger partial charge in [0.05, 0.1) is 24.6 Å². The van der Waals surface area contributed by atoms with Crippen LogP contribution in [-0.4, -0.2) is 57.4 Å². The van der Waals surface area contributed by atoms with Crippen LogP contribution in [0.15, 0.2) is 24.3 Å². The lowest BCUT2D eigenvalue weighted by molar-refractivity contribution is 0.123. The molecule has 0 aliphatic carbocycles. The van der Waals surface area contributed by atoms with Crippen LogP contribution in [0.5, 0.6) is 0 Å². The highest BCUT2D eigenvalue weighted by Crippen LogP contribution is 2.28. The predicted octanol–water partition coefficient (Wildman–Crippen LogP) is 2.42. The van der Waals surface area contributed by atoms with Gasteiger partial charge in [0, 0.05) is 19.1 Å². The van der Waals surface area contributed by atoms with Crippen LogP contribution in [0.4, 0.5) is 11.4 Å². The summed E-state index contributed by atoms with van der Waals surface area (Å²) in [5.74, 6) is 0. The fraction of sp³-hybridized carbons (Fsp3) is 0.647. The summed E-state index contributed by atoms with van der Waals surface area (Å²) in [4.78, 5) is 4.88. The molecule has 1 aromatic carbocycles. The van der Waals surface area contributed by atoms with E-state index in [0.29, 0.717) is 6.04 Å². The lowest BCUT2D eigenvalue weighted by Crippen LogP contribution is -2.37. The summed E-state index contributed by atoms with van der Waals surface area (Å²) in [5, 5.41) is 3.80. The van der Waals surface area contributed by atoms with Gasteiger partial charge in [0.1, 0.15) is 0 Å². The van der Waals surface area contributed by atoms with Crippen LogP contribution in [0.2, 0.25) is 0 Å². The fourth-order valence-corrected chi connectivity index (χ4v) is 3.28. The number of morpholine rings is 1. The number of hydrogen-bond donors (Lipinski definition) is 1. The average molecular weight is 289 g/mol. The summed E-state index contributed by atoms with van der Waals surface area (Å²) in [5.41, 5.74) is 2.62. The van der Waals surface area contributed by atoms with Crippen LogP contribution in [-0.2, 0) is 4.74 Å². The number of ether oxygens (including phenoxy) is 1. The third-order valence-corrected chi connectivity index (χ3v) is 4.57. The molecular formula is C17H27N3O. The summed E-state index contributed by atoms with van der Waals surface area (Å²) in [6.45, 7) is 6.07. The average Bonchev–Trinajstić information content (AvgIpc) is 2.73. The van der Waals surface area contributed by atoms with Crippen molar-refractivity contribution in [2.45, 2.75) is 25.3 Å². The minimum Gasteiger partial charge on any atom is -0.381 e. The van der Waals surface area contributed by atoms with E-state index in [0.717, 1.165) is 26.3 Å². The molecule has 1 aromatic rings.